The number of halogens is 1. The number of hydrogen-bond donors (Lipinski definition) is 0. The quantitative estimate of drug-likeness (QED) is 0.775. The summed E-state index contributed by atoms with van der Waals surface area (Å²) in [5.74, 6) is 0.762. The van der Waals surface area contributed by atoms with Gasteiger partial charge in [-0.3, -0.25) is 0 Å². The van der Waals surface area contributed by atoms with Crippen molar-refractivity contribution in [1.29, 1.82) is 0 Å². The Morgan fingerprint density at radius 1 is 1.06 bits per heavy atom. The van der Waals surface area contributed by atoms with Crippen LogP contribution >= 0.6 is 11.6 Å². The molecule has 0 atom stereocenters. The number of aryl methyl sites for hydroxylation is 2. The predicted molar refractivity (Wildman–Crippen MR) is 70.9 cm³/mol. The van der Waals surface area contributed by atoms with E-state index in [-0.39, 0.29) is 0 Å². The molecule has 1 aromatic rings. The van der Waals surface area contributed by atoms with Crippen LogP contribution in [0.2, 0.25) is 5.02 Å². The Morgan fingerprint density at radius 2 is 1.53 bits per heavy atom. The summed E-state index contributed by atoms with van der Waals surface area (Å²) in [6.07, 6.45) is 0. The van der Waals surface area contributed by atoms with Crippen molar-refractivity contribution in [2.24, 2.45) is 0 Å². The van der Waals surface area contributed by atoms with Crippen molar-refractivity contribution in [2.45, 2.75) is 27.7 Å². The van der Waals surface area contributed by atoms with Gasteiger partial charge in [0.05, 0.1) is 29.6 Å². The zero-order valence-corrected chi connectivity index (χ0v) is 11.7. The fourth-order valence-corrected chi connectivity index (χ4v) is 1.67. The molecule has 0 aromatic carbocycles. The van der Waals surface area contributed by atoms with Crippen molar-refractivity contribution < 1.29 is 4.74 Å². The van der Waals surface area contributed by atoms with Crippen LogP contribution in [-0.2, 0) is 4.74 Å². The zero-order chi connectivity index (χ0) is 12.8. The molecule has 5 heteroatoms. The largest absolute Gasteiger partial charge is 0.378 e. The molecule has 4 nitrogen and oxygen atoms in total. The summed E-state index contributed by atoms with van der Waals surface area (Å²) in [5, 5.41) is 0.659. The Morgan fingerprint density at radius 3 is 2.00 bits per heavy atom. The van der Waals surface area contributed by atoms with E-state index >= 15 is 0 Å². The third-order valence-corrected chi connectivity index (χ3v) is 3.01. The van der Waals surface area contributed by atoms with E-state index in [1.807, 2.05) is 27.7 Å². The SMILES string of the molecule is CC.Cc1nc(N2CCOCC2)nc(C)c1Cl. The summed E-state index contributed by atoms with van der Waals surface area (Å²) in [6.45, 7) is 11.0. The highest BCUT2D eigenvalue weighted by Gasteiger charge is 2.15. The Bertz CT molecular complexity index is 342. The monoisotopic (exact) mass is 257 g/mol. The van der Waals surface area contributed by atoms with Gasteiger partial charge in [0, 0.05) is 13.1 Å². The highest BCUT2D eigenvalue weighted by molar-refractivity contribution is 6.31. The number of morpholine rings is 1. The first-order chi connectivity index (χ1) is 8.18. The molecule has 0 radical (unpaired) electrons. The van der Waals surface area contributed by atoms with Crippen LogP contribution in [-0.4, -0.2) is 36.3 Å². The minimum Gasteiger partial charge on any atom is -0.378 e. The van der Waals surface area contributed by atoms with Crippen LogP contribution in [0.25, 0.3) is 0 Å². The lowest BCUT2D eigenvalue weighted by atomic mass is 10.3. The van der Waals surface area contributed by atoms with Crippen LogP contribution in [0.5, 0.6) is 0 Å². The van der Waals surface area contributed by atoms with Crippen LogP contribution in [0.3, 0.4) is 0 Å². The van der Waals surface area contributed by atoms with Crippen molar-refractivity contribution in [3.63, 3.8) is 0 Å². The van der Waals surface area contributed by atoms with E-state index in [1.165, 1.54) is 0 Å². The van der Waals surface area contributed by atoms with E-state index in [9.17, 15) is 0 Å². The lowest BCUT2D eigenvalue weighted by Gasteiger charge is -2.27. The van der Waals surface area contributed by atoms with Crippen LogP contribution in [0.4, 0.5) is 5.95 Å². The predicted octanol–water partition coefficient (Wildman–Crippen LogP) is 2.61. The van der Waals surface area contributed by atoms with Gasteiger partial charge in [0.1, 0.15) is 0 Å². The summed E-state index contributed by atoms with van der Waals surface area (Å²) in [4.78, 5) is 10.9. The van der Waals surface area contributed by atoms with E-state index in [4.69, 9.17) is 16.3 Å². The Kier molecular flexibility index (Phi) is 5.65. The van der Waals surface area contributed by atoms with E-state index in [1.54, 1.807) is 0 Å². The van der Waals surface area contributed by atoms with Crippen molar-refractivity contribution in [3.05, 3.63) is 16.4 Å². The van der Waals surface area contributed by atoms with Gasteiger partial charge in [0.15, 0.2) is 0 Å². The van der Waals surface area contributed by atoms with Crippen molar-refractivity contribution >= 4 is 17.5 Å². The van der Waals surface area contributed by atoms with Crippen LogP contribution < -0.4 is 4.90 Å². The highest BCUT2D eigenvalue weighted by atomic mass is 35.5. The molecule has 96 valence electrons. The molecule has 1 saturated heterocycles. The lowest BCUT2D eigenvalue weighted by Crippen LogP contribution is -2.37. The van der Waals surface area contributed by atoms with E-state index in [2.05, 4.69) is 14.9 Å². The summed E-state index contributed by atoms with van der Waals surface area (Å²) in [5.41, 5.74) is 1.68. The van der Waals surface area contributed by atoms with Crippen molar-refractivity contribution in [1.82, 2.24) is 9.97 Å². The summed E-state index contributed by atoms with van der Waals surface area (Å²) >= 11 is 6.02. The molecular formula is C12H20ClN3O. The standard InChI is InChI=1S/C10H14ClN3O.C2H6/c1-7-9(11)8(2)13-10(12-7)14-3-5-15-6-4-14;1-2/h3-6H2,1-2H3;1-2H3. The molecule has 0 unspecified atom stereocenters. The number of aromatic nitrogens is 2. The number of ether oxygens (including phenoxy) is 1. The molecule has 0 N–H and O–H groups in total. The van der Waals surface area contributed by atoms with Crippen molar-refractivity contribution in [3.8, 4) is 0 Å². The van der Waals surface area contributed by atoms with Gasteiger partial charge in [-0.25, -0.2) is 9.97 Å². The van der Waals surface area contributed by atoms with Gasteiger partial charge in [0.25, 0.3) is 0 Å². The van der Waals surface area contributed by atoms with Crippen LogP contribution in [0, 0.1) is 13.8 Å². The number of rotatable bonds is 1. The Hall–Kier alpha value is -0.870. The summed E-state index contributed by atoms with van der Waals surface area (Å²) in [7, 11) is 0. The second kappa shape index (κ2) is 6.77. The second-order valence-corrected chi connectivity index (χ2v) is 3.99. The van der Waals surface area contributed by atoms with Gasteiger partial charge in [0.2, 0.25) is 5.95 Å². The lowest BCUT2D eigenvalue weighted by molar-refractivity contribution is 0.122. The first-order valence-electron chi connectivity index (χ1n) is 6.02. The molecule has 1 aliphatic rings. The molecule has 1 fully saturated rings. The van der Waals surface area contributed by atoms with Crippen LogP contribution in [0.15, 0.2) is 0 Å². The molecule has 0 aliphatic carbocycles. The molecule has 1 aromatic heterocycles. The van der Waals surface area contributed by atoms with Gasteiger partial charge in [-0.05, 0) is 13.8 Å². The first-order valence-corrected chi connectivity index (χ1v) is 6.39. The van der Waals surface area contributed by atoms with E-state index < -0.39 is 0 Å². The van der Waals surface area contributed by atoms with Crippen LogP contribution in [0.1, 0.15) is 25.2 Å². The third-order valence-electron chi connectivity index (χ3n) is 2.46. The molecule has 0 spiro atoms. The molecule has 0 bridgehead atoms. The van der Waals surface area contributed by atoms with E-state index in [0.717, 1.165) is 43.6 Å². The third kappa shape index (κ3) is 3.54. The van der Waals surface area contributed by atoms with E-state index in [0.29, 0.717) is 5.02 Å². The molecular weight excluding hydrogens is 238 g/mol. The molecule has 2 rings (SSSR count). The number of hydrogen-bond acceptors (Lipinski definition) is 4. The average molecular weight is 258 g/mol. The molecule has 1 aliphatic heterocycles. The second-order valence-electron chi connectivity index (χ2n) is 3.61. The maximum atomic E-state index is 6.02. The van der Waals surface area contributed by atoms with Gasteiger partial charge >= 0.3 is 0 Å². The Labute approximate surface area is 108 Å². The molecule has 0 saturated carbocycles. The van der Waals surface area contributed by atoms with Gasteiger partial charge in [-0.15, -0.1) is 0 Å². The van der Waals surface area contributed by atoms with Gasteiger partial charge < -0.3 is 9.64 Å². The zero-order valence-electron chi connectivity index (χ0n) is 11.0. The minimum absolute atomic E-state index is 0.659. The van der Waals surface area contributed by atoms with Crippen molar-refractivity contribution in [2.75, 3.05) is 31.2 Å². The number of nitrogens with zero attached hydrogens (tertiary/aromatic N) is 3. The maximum absolute atomic E-state index is 6.02. The topological polar surface area (TPSA) is 38.2 Å². The molecule has 17 heavy (non-hydrogen) atoms. The Balaban J connectivity index is 0.000000686. The molecule has 2 heterocycles. The highest BCUT2D eigenvalue weighted by Crippen LogP contribution is 2.20. The summed E-state index contributed by atoms with van der Waals surface area (Å²) < 4.78 is 5.28. The maximum Gasteiger partial charge on any atom is 0.226 e. The normalized spacial score (nSPS) is 15.2. The summed E-state index contributed by atoms with van der Waals surface area (Å²) in [6, 6.07) is 0. The fourth-order valence-electron chi connectivity index (χ4n) is 1.59. The minimum atomic E-state index is 0.659. The number of anilines is 1. The smallest absolute Gasteiger partial charge is 0.226 e. The average Bonchev–Trinajstić information content (AvgIpc) is 2.39. The van der Waals surface area contributed by atoms with Gasteiger partial charge in [-0.1, -0.05) is 25.4 Å². The fraction of sp³-hybridized carbons (Fsp3) is 0.667. The first kappa shape index (κ1) is 14.2. The van der Waals surface area contributed by atoms with Gasteiger partial charge in [-0.2, -0.15) is 0 Å². The molecule has 0 amide bonds.